The molecule has 0 aromatic heterocycles. The highest BCUT2D eigenvalue weighted by atomic mass is 31.2. The molecule has 13 heavy (non-hydrogen) atoms. The van der Waals surface area contributed by atoms with Gasteiger partial charge in [0.25, 0.3) is 0 Å². The molecule has 0 fully saturated rings. The largest absolute Gasteiger partial charge is 0.340 e. The minimum Gasteiger partial charge on any atom is -0.340 e. The van der Waals surface area contributed by atoms with Gasteiger partial charge in [0.15, 0.2) is 0 Å². The van der Waals surface area contributed by atoms with E-state index in [2.05, 4.69) is 38.9 Å². The van der Waals surface area contributed by atoms with E-state index < -0.39 is 8.30 Å². The van der Waals surface area contributed by atoms with Gasteiger partial charge in [-0.15, -0.1) is 0 Å². The molecule has 2 nitrogen and oxygen atoms in total. The molecule has 0 aromatic rings. The van der Waals surface area contributed by atoms with Crippen LogP contribution in [0.3, 0.4) is 0 Å². The van der Waals surface area contributed by atoms with Gasteiger partial charge < -0.3 is 4.52 Å². The zero-order valence-corrected chi connectivity index (χ0v) is 10.3. The van der Waals surface area contributed by atoms with Gasteiger partial charge in [0.1, 0.15) is 8.30 Å². The Kier molecular flexibility index (Phi) is 6.58. The maximum atomic E-state index is 5.65. The summed E-state index contributed by atoms with van der Waals surface area (Å²) in [5.74, 6) is 1.93. The Bertz CT molecular complexity index is 140. The molecule has 0 saturated heterocycles. The van der Waals surface area contributed by atoms with Gasteiger partial charge in [-0.1, -0.05) is 6.58 Å². The van der Waals surface area contributed by atoms with Crippen LogP contribution in [-0.2, 0) is 4.52 Å². The molecule has 3 heteroatoms. The SMILES string of the molecule is C=CP(OCC)N(C(C)C)C(C)C. The Hall–Kier alpha value is 0.0900. The summed E-state index contributed by atoms with van der Waals surface area (Å²) in [6, 6.07) is 1.02. The van der Waals surface area contributed by atoms with Gasteiger partial charge in [0.2, 0.25) is 0 Å². The van der Waals surface area contributed by atoms with Crippen molar-refractivity contribution in [3.05, 3.63) is 12.4 Å². The van der Waals surface area contributed by atoms with Crippen molar-refractivity contribution in [1.82, 2.24) is 4.67 Å². The van der Waals surface area contributed by atoms with Crippen molar-refractivity contribution in [3.8, 4) is 0 Å². The second kappa shape index (κ2) is 6.53. The van der Waals surface area contributed by atoms with Crippen molar-refractivity contribution >= 4 is 8.30 Å². The summed E-state index contributed by atoms with van der Waals surface area (Å²) in [4.78, 5) is 0. The van der Waals surface area contributed by atoms with Crippen LogP contribution in [0.2, 0.25) is 0 Å². The minimum atomic E-state index is -0.604. The van der Waals surface area contributed by atoms with E-state index in [1.54, 1.807) is 0 Å². The van der Waals surface area contributed by atoms with Crippen molar-refractivity contribution in [3.63, 3.8) is 0 Å². The van der Waals surface area contributed by atoms with Gasteiger partial charge >= 0.3 is 0 Å². The predicted molar refractivity (Wildman–Crippen MR) is 60.9 cm³/mol. The Morgan fingerprint density at radius 2 is 1.77 bits per heavy atom. The summed E-state index contributed by atoms with van der Waals surface area (Å²) in [6.45, 7) is 15.4. The maximum Gasteiger partial charge on any atom is 0.129 e. The topological polar surface area (TPSA) is 12.5 Å². The van der Waals surface area contributed by atoms with Crippen LogP contribution in [0, 0.1) is 0 Å². The van der Waals surface area contributed by atoms with Gasteiger partial charge in [0.05, 0.1) is 0 Å². The molecule has 0 aliphatic carbocycles. The normalized spacial score (nSPS) is 14.2. The molecule has 0 aliphatic rings. The standard InChI is InChI=1S/C10H22NOP/c1-7-12-13(8-2)11(9(3)4)10(5)6/h8-10H,2,7H2,1,3-6H3. The first-order valence-electron chi connectivity index (χ1n) is 4.87. The summed E-state index contributed by atoms with van der Waals surface area (Å²) in [7, 11) is -0.604. The second-order valence-electron chi connectivity index (χ2n) is 3.47. The first kappa shape index (κ1) is 13.1. The van der Waals surface area contributed by atoms with E-state index in [1.807, 2.05) is 12.7 Å². The van der Waals surface area contributed by atoms with Crippen LogP contribution in [0.4, 0.5) is 0 Å². The molecule has 1 unspecified atom stereocenters. The maximum absolute atomic E-state index is 5.65. The Morgan fingerprint density at radius 3 is 2.00 bits per heavy atom. The van der Waals surface area contributed by atoms with Gasteiger partial charge in [-0.2, -0.15) is 0 Å². The molecular formula is C10H22NOP. The van der Waals surface area contributed by atoms with Crippen LogP contribution in [0.25, 0.3) is 0 Å². The highest BCUT2D eigenvalue weighted by molar-refractivity contribution is 7.53. The lowest BCUT2D eigenvalue weighted by atomic mass is 10.3. The highest BCUT2D eigenvalue weighted by Crippen LogP contribution is 2.45. The fraction of sp³-hybridized carbons (Fsp3) is 0.800. The van der Waals surface area contributed by atoms with Gasteiger partial charge in [0, 0.05) is 18.7 Å². The van der Waals surface area contributed by atoms with Crippen LogP contribution >= 0.6 is 8.30 Å². The minimum absolute atomic E-state index is 0.510. The Morgan fingerprint density at radius 1 is 1.31 bits per heavy atom. The van der Waals surface area contributed by atoms with Crippen molar-refractivity contribution in [2.45, 2.75) is 46.7 Å². The first-order valence-corrected chi connectivity index (χ1v) is 6.15. The molecule has 0 bridgehead atoms. The fourth-order valence-electron chi connectivity index (χ4n) is 1.40. The molecular weight excluding hydrogens is 181 g/mol. The van der Waals surface area contributed by atoms with Crippen LogP contribution < -0.4 is 0 Å². The van der Waals surface area contributed by atoms with Crippen LogP contribution in [0.1, 0.15) is 34.6 Å². The number of nitrogens with zero attached hydrogens (tertiary/aromatic N) is 1. The van der Waals surface area contributed by atoms with Crippen LogP contribution in [0.15, 0.2) is 12.4 Å². The third-order valence-electron chi connectivity index (χ3n) is 1.70. The molecule has 0 rings (SSSR count). The molecule has 0 N–H and O–H groups in total. The van der Waals surface area contributed by atoms with E-state index in [0.717, 1.165) is 6.61 Å². The smallest absolute Gasteiger partial charge is 0.129 e. The van der Waals surface area contributed by atoms with Crippen LogP contribution in [-0.4, -0.2) is 23.4 Å². The molecule has 0 aliphatic heterocycles. The monoisotopic (exact) mass is 203 g/mol. The summed E-state index contributed by atoms with van der Waals surface area (Å²) in [5, 5.41) is 0. The number of hydrogen-bond donors (Lipinski definition) is 0. The molecule has 1 atom stereocenters. The summed E-state index contributed by atoms with van der Waals surface area (Å²) < 4.78 is 8.02. The molecule has 78 valence electrons. The quantitative estimate of drug-likeness (QED) is 0.611. The fourth-order valence-corrected chi connectivity index (χ4v) is 3.00. The van der Waals surface area contributed by atoms with Crippen LogP contribution in [0.5, 0.6) is 0 Å². The lowest BCUT2D eigenvalue weighted by Gasteiger charge is -2.35. The number of rotatable bonds is 6. The Balaban J connectivity index is 4.38. The highest BCUT2D eigenvalue weighted by Gasteiger charge is 2.21. The zero-order chi connectivity index (χ0) is 10.4. The average molecular weight is 203 g/mol. The van der Waals surface area contributed by atoms with E-state index in [9.17, 15) is 0 Å². The first-order chi connectivity index (χ1) is 6.04. The van der Waals surface area contributed by atoms with Crippen molar-refractivity contribution in [2.75, 3.05) is 6.61 Å². The average Bonchev–Trinajstić information content (AvgIpc) is 2.02. The second-order valence-corrected chi connectivity index (χ2v) is 5.16. The predicted octanol–water partition coefficient (Wildman–Crippen LogP) is 3.60. The molecule has 0 radical (unpaired) electrons. The molecule has 0 aromatic carbocycles. The summed E-state index contributed by atoms with van der Waals surface area (Å²) in [5.41, 5.74) is 0. The van der Waals surface area contributed by atoms with Crippen molar-refractivity contribution in [1.29, 1.82) is 0 Å². The molecule has 0 heterocycles. The molecule has 0 spiro atoms. The third-order valence-corrected chi connectivity index (χ3v) is 3.92. The van der Waals surface area contributed by atoms with E-state index in [4.69, 9.17) is 4.52 Å². The molecule has 0 saturated carbocycles. The van der Waals surface area contributed by atoms with E-state index in [1.165, 1.54) is 0 Å². The van der Waals surface area contributed by atoms with Gasteiger partial charge in [-0.25, -0.2) is 0 Å². The van der Waals surface area contributed by atoms with Crippen molar-refractivity contribution < 1.29 is 4.52 Å². The summed E-state index contributed by atoms with van der Waals surface area (Å²) in [6.07, 6.45) is 0. The number of hydrogen-bond acceptors (Lipinski definition) is 2. The van der Waals surface area contributed by atoms with Gasteiger partial charge in [-0.05, 0) is 40.4 Å². The lowest BCUT2D eigenvalue weighted by Crippen LogP contribution is -2.32. The lowest BCUT2D eigenvalue weighted by molar-refractivity contribution is 0.266. The Labute approximate surface area is 83.9 Å². The van der Waals surface area contributed by atoms with E-state index >= 15 is 0 Å². The van der Waals surface area contributed by atoms with E-state index in [-0.39, 0.29) is 0 Å². The van der Waals surface area contributed by atoms with Gasteiger partial charge in [-0.3, -0.25) is 4.67 Å². The van der Waals surface area contributed by atoms with E-state index in [0.29, 0.717) is 12.1 Å². The summed E-state index contributed by atoms with van der Waals surface area (Å²) >= 11 is 0. The third kappa shape index (κ3) is 4.21. The zero-order valence-electron chi connectivity index (χ0n) is 9.45. The molecule has 0 amide bonds. The van der Waals surface area contributed by atoms with Crippen molar-refractivity contribution in [2.24, 2.45) is 0 Å².